The summed E-state index contributed by atoms with van der Waals surface area (Å²) in [6.07, 6.45) is -6.31. The van der Waals surface area contributed by atoms with Crippen molar-refractivity contribution in [3.63, 3.8) is 0 Å². The lowest BCUT2D eigenvalue weighted by molar-refractivity contribution is -0.158. The predicted molar refractivity (Wildman–Crippen MR) is 49.7 cm³/mol. The Balaban J connectivity index is 4.56. The van der Waals surface area contributed by atoms with Gasteiger partial charge in [-0.1, -0.05) is 20.8 Å². The number of halogens is 3. The lowest BCUT2D eigenvalue weighted by Crippen LogP contribution is -2.49. The van der Waals surface area contributed by atoms with Crippen molar-refractivity contribution in [2.75, 3.05) is 0 Å². The van der Waals surface area contributed by atoms with Crippen LogP contribution in [0.15, 0.2) is 0 Å². The number of nitrogens with one attached hydrogen (secondary N) is 1. The predicted octanol–water partition coefficient (Wildman–Crippen LogP) is 1.55. The van der Waals surface area contributed by atoms with E-state index in [0.717, 1.165) is 0 Å². The van der Waals surface area contributed by atoms with Crippen molar-refractivity contribution in [3.05, 3.63) is 0 Å². The van der Waals surface area contributed by atoms with Crippen LogP contribution in [0.25, 0.3) is 0 Å². The highest BCUT2D eigenvalue weighted by Gasteiger charge is 2.36. The van der Waals surface area contributed by atoms with Gasteiger partial charge in [0.25, 0.3) is 0 Å². The van der Waals surface area contributed by atoms with Gasteiger partial charge in [0.2, 0.25) is 5.91 Å². The summed E-state index contributed by atoms with van der Waals surface area (Å²) < 4.78 is 35.5. The Labute approximate surface area is 90.8 Å². The third-order valence-electron chi connectivity index (χ3n) is 1.78. The van der Waals surface area contributed by atoms with Crippen LogP contribution in [-0.4, -0.2) is 29.2 Å². The van der Waals surface area contributed by atoms with Crippen LogP contribution in [0, 0.1) is 5.41 Å². The summed E-state index contributed by atoms with van der Waals surface area (Å²) in [5.41, 5.74) is -0.854. The lowest BCUT2D eigenvalue weighted by Gasteiger charge is -2.27. The van der Waals surface area contributed by atoms with Crippen LogP contribution in [0.4, 0.5) is 13.2 Å². The number of rotatable bonds is 3. The SMILES string of the molecule is CC(C)(C)C(NC(=O)CC(F)(F)F)C(=O)O. The third kappa shape index (κ3) is 5.57. The Kier molecular flexibility index (Phi) is 4.34. The summed E-state index contributed by atoms with van der Waals surface area (Å²) in [5.74, 6) is -2.70. The largest absolute Gasteiger partial charge is 0.480 e. The van der Waals surface area contributed by atoms with Gasteiger partial charge in [-0.05, 0) is 5.41 Å². The molecule has 1 atom stereocenters. The van der Waals surface area contributed by atoms with Gasteiger partial charge >= 0.3 is 12.1 Å². The zero-order valence-electron chi connectivity index (χ0n) is 9.18. The molecule has 0 aliphatic heterocycles. The van der Waals surface area contributed by atoms with Gasteiger partial charge in [-0.15, -0.1) is 0 Å². The van der Waals surface area contributed by atoms with Crippen LogP contribution >= 0.6 is 0 Å². The zero-order chi connectivity index (χ0) is 13.1. The smallest absolute Gasteiger partial charge is 0.397 e. The first kappa shape index (κ1) is 14.7. The number of hydrogen-bond donors (Lipinski definition) is 2. The highest BCUT2D eigenvalue weighted by Crippen LogP contribution is 2.22. The number of carboxylic acid groups (broad SMARTS) is 1. The first-order valence-electron chi connectivity index (χ1n) is 4.52. The Bertz CT molecular complexity index is 281. The number of amides is 1. The second kappa shape index (κ2) is 4.71. The average molecular weight is 241 g/mol. The van der Waals surface area contributed by atoms with E-state index in [4.69, 9.17) is 5.11 Å². The number of carbonyl (C=O) groups is 2. The van der Waals surface area contributed by atoms with Crippen molar-refractivity contribution in [2.45, 2.75) is 39.4 Å². The molecule has 0 aromatic heterocycles. The van der Waals surface area contributed by atoms with E-state index >= 15 is 0 Å². The molecule has 0 bridgehead atoms. The molecule has 0 aliphatic rings. The molecule has 7 heteroatoms. The molecule has 0 aliphatic carbocycles. The third-order valence-corrected chi connectivity index (χ3v) is 1.78. The molecular formula is C9H14F3NO3. The summed E-state index contributed by atoms with van der Waals surface area (Å²) in [6, 6.07) is -1.35. The van der Waals surface area contributed by atoms with Crippen molar-refractivity contribution in [3.8, 4) is 0 Å². The second-order valence-electron chi connectivity index (χ2n) is 4.50. The topological polar surface area (TPSA) is 66.4 Å². The van der Waals surface area contributed by atoms with Gasteiger partial charge in [-0.3, -0.25) is 4.79 Å². The van der Waals surface area contributed by atoms with Crippen molar-refractivity contribution < 1.29 is 27.9 Å². The van der Waals surface area contributed by atoms with Crippen LogP contribution in [0.5, 0.6) is 0 Å². The quantitative estimate of drug-likeness (QED) is 0.787. The van der Waals surface area contributed by atoms with E-state index in [9.17, 15) is 22.8 Å². The molecule has 0 aromatic carbocycles. The fourth-order valence-electron chi connectivity index (χ4n) is 1.04. The van der Waals surface area contributed by atoms with Crippen LogP contribution in [0.3, 0.4) is 0 Å². The maximum absolute atomic E-state index is 11.8. The standard InChI is InChI=1S/C9H14F3NO3/c1-8(2,3)6(7(15)16)13-5(14)4-9(10,11)12/h6H,4H2,1-3H3,(H,13,14)(H,15,16). The highest BCUT2D eigenvalue weighted by molar-refractivity contribution is 5.84. The van der Waals surface area contributed by atoms with E-state index in [-0.39, 0.29) is 0 Å². The molecule has 0 fully saturated rings. The van der Waals surface area contributed by atoms with Crippen LogP contribution in [0.2, 0.25) is 0 Å². The Morgan fingerprint density at radius 3 is 1.94 bits per heavy atom. The second-order valence-corrected chi connectivity index (χ2v) is 4.50. The maximum Gasteiger partial charge on any atom is 0.397 e. The van der Waals surface area contributed by atoms with Crippen LogP contribution in [-0.2, 0) is 9.59 Å². The van der Waals surface area contributed by atoms with E-state index in [1.807, 2.05) is 5.32 Å². The molecule has 0 saturated heterocycles. The summed E-state index contributed by atoms with van der Waals surface area (Å²) in [6.45, 7) is 4.54. The normalized spacial score (nSPS) is 14.4. The molecule has 1 amide bonds. The first-order valence-corrected chi connectivity index (χ1v) is 4.52. The Morgan fingerprint density at radius 2 is 1.69 bits per heavy atom. The minimum atomic E-state index is -4.63. The molecule has 0 radical (unpaired) electrons. The van der Waals surface area contributed by atoms with Gasteiger partial charge in [0.15, 0.2) is 0 Å². The fourth-order valence-corrected chi connectivity index (χ4v) is 1.04. The summed E-state index contributed by atoms with van der Waals surface area (Å²) in [7, 11) is 0. The molecule has 2 N–H and O–H groups in total. The Morgan fingerprint density at radius 1 is 1.25 bits per heavy atom. The average Bonchev–Trinajstić information content (AvgIpc) is 1.93. The number of carbonyl (C=O) groups excluding carboxylic acids is 1. The van der Waals surface area contributed by atoms with Gasteiger partial charge in [-0.2, -0.15) is 13.2 Å². The molecular weight excluding hydrogens is 227 g/mol. The molecule has 0 saturated carbocycles. The first-order chi connectivity index (χ1) is 6.93. The molecule has 16 heavy (non-hydrogen) atoms. The van der Waals surface area contributed by atoms with Crippen molar-refractivity contribution in [1.29, 1.82) is 0 Å². The summed E-state index contributed by atoms with van der Waals surface area (Å²) in [4.78, 5) is 21.7. The van der Waals surface area contributed by atoms with E-state index in [1.54, 1.807) is 0 Å². The van der Waals surface area contributed by atoms with Gasteiger partial charge in [0.05, 0.1) is 0 Å². The minimum absolute atomic E-state index is 0.854. The van der Waals surface area contributed by atoms with Crippen molar-refractivity contribution in [2.24, 2.45) is 5.41 Å². The van der Waals surface area contributed by atoms with Gasteiger partial charge in [0.1, 0.15) is 12.5 Å². The molecule has 4 nitrogen and oxygen atoms in total. The highest BCUT2D eigenvalue weighted by atomic mass is 19.4. The minimum Gasteiger partial charge on any atom is -0.480 e. The van der Waals surface area contributed by atoms with E-state index < -0.39 is 35.9 Å². The van der Waals surface area contributed by atoms with E-state index in [2.05, 4.69) is 0 Å². The van der Waals surface area contributed by atoms with Crippen molar-refractivity contribution in [1.82, 2.24) is 5.32 Å². The summed E-state index contributed by atoms with van der Waals surface area (Å²) in [5, 5.41) is 10.6. The number of carboxylic acids is 1. The van der Waals surface area contributed by atoms with Crippen LogP contribution < -0.4 is 5.32 Å². The summed E-state index contributed by atoms with van der Waals surface area (Å²) >= 11 is 0. The number of aliphatic carboxylic acids is 1. The fraction of sp³-hybridized carbons (Fsp3) is 0.778. The van der Waals surface area contributed by atoms with Gasteiger partial charge in [0, 0.05) is 0 Å². The lowest BCUT2D eigenvalue weighted by atomic mass is 9.86. The van der Waals surface area contributed by atoms with Gasteiger partial charge in [-0.25, -0.2) is 4.79 Å². The number of alkyl halides is 3. The monoisotopic (exact) mass is 241 g/mol. The molecule has 0 heterocycles. The molecule has 0 rings (SSSR count). The molecule has 1 unspecified atom stereocenters. The van der Waals surface area contributed by atoms with Crippen LogP contribution in [0.1, 0.15) is 27.2 Å². The van der Waals surface area contributed by atoms with Crippen molar-refractivity contribution >= 4 is 11.9 Å². The molecule has 0 aromatic rings. The molecule has 0 spiro atoms. The maximum atomic E-state index is 11.8. The van der Waals surface area contributed by atoms with E-state index in [1.165, 1.54) is 20.8 Å². The zero-order valence-corrected chi connectivity index (χ0v) is 9.18. The van der Waals surface area contributed by atoms with Gasteiger partial charge < -0.3 is 10.4 Å². The van der Waals surface area contributed by atoms with E-state index in [0.29, 0.717) is 0 Å². The number of hydrogen-bond acceptors (Lipinski definition) is 2. The Hall–Kier alpha value is -1.27. The molecule has 94 valence electrons.